The fraction of sp³-hybridized carbons (Fsp3) is 0.500. The lowest BCUT2D eigenvalue weighted by Gasteiger charge is -2.31. The van der Waals surface area contributed by atoms with Crippen LogP contribution < -0.4 is 10.5 Å². The second kappa shape index (κ2) is 5.67. The average molecular weight is 275 g/mol. The smallest absolute Gasteiger partial charge is 0.189 e. The van der Waals surface area contributed by atoms with Crippen molar-refractivity contribution in [3.05, 3.63) is 23.3 Å². The van der Waals surface area contributed by atoms with E-state index in [1.165, 1.54) is 0 Å². The minimum absolute atomic E-state index is 0.272. The van der Waals surface area contributed by atoms with Crippen LogP contribution in [0.2, 0.25) is 0 Å². The largest absolute Gasteiger partial charge is 0.467 e. The first-order valence-corrected chi connectivity index (χ1v) is 6.61. The van der Waals surface area contributed by atoms with Crippen LogP contribution in [0.3, 0.4) is 0 Å². The SMILES string of the molecule is N#CC1CN(Cc2cc(N)cc3c2OCOC3)CCO1. The zero-order valence-corrected chi connectivity index (χ0v) is 11.2. The minimum atomic E-state index is -0.357. The molecule has 1 saturated heterocycles. The summed E-state index contributed by atoms with van der Waals surface area (Å²) in [5.74, 6) is 0.866. The van der Waals surface area contributed by atoms with Crippen LogP contribution in [0.25, 0.3) is 0 Å². The molecule has 6 heteroatoms. The highest BCUT2D eigenvalue weighted by molar-refractivity contribution is 5.53. The topological polar surface area (TPSA) is 80.7 Å². The van der Waals surface area contributed by atoms with Gasteiger partial charge in [-0.2, -0.15) is 5.26 Å². The van der Waals surface area contributed by atoms with Crippen LogP contribution in [0, 0.1) is 11.3 Å². The quantitative estimate of drug-likeness (QED) is 0.806. The van der Waals surface area contributed by atoms with Gasteiger partial charge in [-0.3, -0.25) is 4.90 Å². The van der Waals surface area contributed by atoms with E-state index in [1.807, 2.05) is 12.1 Å². The zero-order chi connectivity index (χ0) is 13.9. The highest BCUT2D eigenvalue weighted by atomic mass is 16.7. The molecule has 0 bridgehead atoms. The average Bonchev–Trinajstić information content (AvgIpc) is 2.47. The maximum absolute atomic E-state index is 8.95. The summed E-state index contributed by atoms with van der Waals surface area (Å²) < 4.78 is 16.2. The minimum Gasteiger partial charge on any atom is -0.467 e. The molecule has 1 aromatic carbocycles. The Balaban J connectivity index is 1.80. The zero-order valence-electron chi connectivity index (χ0n) is 11.2. The van der Waals surface area contributed by atoms with Crippen LogP contribution in [0.1, 0.15) is 11.1 Å². The van der Waals surface area contributed by atoms with Gasteiger partial charge in [-0.15, -0.1) is 0 Å². The van der Waals surface area contributed by atoms with E-state index in [4.69, 9.17) is 25.2 Å². The van der Waals surface area contributed by atoms with Crippen molar-refractivity contribution in [3.8, 4) is 11.8 Å². The molecule has 2 heterocycles. The van der Waals surface area contributed by atoms with Gasteiger partial charge < -0.3 is 19.9 Å². The molecule has 6 nitrogen and oxygen atoms in total. The number of nitriles is 1. The van der Waals surface area contributed by atoms with Gasteiger partial charge in [0.05, 0.1) is 19.3 Å². The first kappa shape index (κ1) is 13.2. The molecule has 2 N–H and O–H groups in total. The fourth-order valence-electron chi connectivity index (χ4n) is 2.61. The van der Waals surface area contributed by atoms with Crippen LogP contribution in [0.15, 0.2) is 12.1 Å². The lowest BCUT2D eigenvalue weighted by atomic mass is 10.1. The standard InChI is InChI=1S/C14H17N3O3/c15-5-13-7-17(1-2-19-13)6-10-3-12(16)4-11-8-18-9-20-14(10)11/h3-4,13H,1-2,6-9,16H2. The number of anilines is 1. The van der Waals surface area contributed by atoms with Gasteiger partial charge in [-0.1, -0.05) is 0 Å². The third-order valence-electron chi connectivity index (χ3n) is 3.50. The Kier molecular flexibility index (Phi) is 3.74. The lowest BCUT2D eigenvalue weighted by molar-refractivity contribution is -0.0200. The van der Waals surface area contributed by atoms with Gasteiger partial charge in [0.25, 0.3) is 0 Å². The monoisotopic (exact) mass is 275 g/mol. The van der Waals surface area contributed by atoms with Gasteiger partial charge in [-0.25, -0.2) is 0 Å². The number of nitrogens with two attached hydrogens (primary N) is 1. The van der Waals surface area contributed by atoms with Crippen molar-refractivity contribution in [2.75, 3.05) is 32.2 Å². The third kappa shape index (κ3) is 2.70. The molecular weight excluding hydrogens is 258 g/mol. The van der Waals surface area contributed by atoms with Crippen LogP contribution in [0.5, 0.6) is 5.75 Å². The lowest BCUT2D eigenvalue weighted by Crippen LogP contribution is -2.41. The molecule has 1 atom stereocenters. The maximum atomic E-state index is 8.95. The summed E-state index contributed by atoms with van der Waals surface area (Å²) in [5, 5.41) is 8.95. The maximum Gasteiger partial charge on any atom is 0.189 e. The summed E-state index contributed by atoms with van der Waals surface area (Å²) >= 11 is 0. The molecule has 2 aliphatic rings. The Morgan fingerprint density at radius 2 is 2.35 bits per heavy atom. The van der Waals surface area contributed by atoms with Crippen molar-refractivity contribution in [2.45, 2.75) is 19.3 Å². The molecule has 0 spiro atoms. The molecule has 1 aromatic rings. The number of hydrogen-bond donors (Lipinski definition) is 1. The van der Waals surface area contributed by atoms with Crippen molar-refractivity contribution < 1.29 is 14.2 Å². The molecule has 0 saturated carbocycles. The Hall–Kier alpha value is -1.81. The molecule has 0 radical (unpaired) electrons. The molecule has 106 valence electrons. The normalized spacial score (nSPS) is 22.6. The molecule has 1 unspecified atom stereocenters. The number of morpholine rings is 1. The molecular formula is C14H17N3O3. The van der Waals surface area contributed by atoms with E-state index in [0.717, 1.165) is 23.4 Å². The van der Waals surface area contributed by atoms with Gasteiger partial charge in [0.15, 0.2) is 12.9 Å². The van der Waals surface area contributed by atoms with Gasteiger partial charge in [0.1, 0.15) is 5.75 Å². The molecule has 0 amide bonds. The number of nitrogens with zero attached hydrogens (tertiary/aromatic N) is 2. The van der Waals surface area contributed by atoms with Crippen LogP contribution in [-0.2, 0) is 22.6 Å². The summed E-state index contributed by atoms with van der Waals surface area (Å²) in [4.78, 5) is 2.19. The summed E-state index contributed by atoms with van der Waals surface area (Å²) in [6.07, 6.45) is -0.357. The van der Waals surface area contributed by atoms with Gasteiger partial charge in [0.2, 0.25) is 0 Å². The van der Waals surface area contributed by atoms with Gasteiger partial charge in [0, 0.05) is 36.4 Å². The van der Waals surface area contributed by atoms with Gasteiger partial charge in [-0.05, 0) is 12.1 Å². The highest BCUT2D eigenvalue weighted by Crippen LogP contribution is 2.31. The Morgan fingerprint density at radius 1 is 1.45 bits per heavy atom. The molecule has 1 fully saturated rings. The molecule has 0 aliphatic carbocycles. The third-order valence-corrected chi connectivity index (χ3v) is 3.50. The number of hydrogen-bond acceptors (Lipinski definition) is 6. The molecule has 20 heavy (non-hydrogen) atoms. The van der Waals surface area contributed by atoms with Crippen molar-refractivity contribution in [1.82, 2.24) is 4.90 Å². The molecule has 3 rings (SSSR count). The predicted molar refractivity (Wildman–Crippen MR) is 71.8 cm³/mol. The fourth-order valence-corrected chi connectivity index (χ4v) is 2.61. The van der Waals surface area contributed by atoms with E-state index in [9.17, 15) is 0 Å². The number of benzene rings is 1. The van der Waals surface area contributed by atoms with E-state index < -0.39 is 0 Å². The Bertz CT molecular complexity index is 541. The first-order chi connectivity index (χ1) is 9.76. The molecule has 0 aromatic heterocycles. The summed E-state index contributed by atoms with van der Waals surface area (Å²) in [7, 11) is 0. The van der Waals surface area contributed by atoms with Crippen molar-refractivity contribution in [2.24, 2.45) is 0 Å². The summed E-state index contributed by atoms with van der Waals surface area (Å²) in [6.45, 7) is 3.49. The Morgan fingerprint density at radius 3 is 3.20 bits per heavy atom. The Labute approximate surface area is 117 Å². The van der Waals surface area contributed by atoms with E-state index in [2.05, 4.69) is 11.0 Å². The van der Waals surface area contributed by atoms with Crippen LogP contribution in [0.4, 0.5) is 5.69 Å². The number of ether oxygens (including phenoxy) is 3. The van der Waals surface area contributed by atoms with Crippen molar-refractivity contribution in [1.29, 1.82) is 5.26 Å². The van der Waals surface area contributed by atoms with E-state index in [0.29, 0.717) is 32.0 Å². The first-order valence-electron chi connectivity index (χ1n) is 6.61. The second-order valence-electron chi connectivity index (χ2n) is 5.00. The summed E-state index contributed by atoms with van der Waals surface area (Å²) in [6, 6.07) is 5.97. The van der Waals surface area contributed by atoms with E-state index in [-0.39, 0.29) is 12.9 Å². The number of rotatable bonds is 2. The second-order valence-corrected chi connectivity index (χ2v) is 5.00. The van der Waals surface area contributed by atoms with E-state index >= 15 is 0 Å². The molecule has 2 aliphatic heterocycles. The predicted octanol–water partition coefficient (Wildman–Crippen LogP) is 0.860. The van der Waals surface area contributed by atoms with Crippen LogP contribution >= 0.6 is 0 Å². The number of nitrogen functional groups attached to an aromatic ring is 1. The van der Waals surface area contributed by atoms with E-state index in [1.54, 1.807) is 0 Å². The van der Waals surface area contributed by atoms with Gasteiger partial charge >= 0.3 is 0 Å². The van der Waals surface area contributed by atoms with Crippen molar-refractivity contribution in [3.63, 3.8) is 0 Å². The van der Waals surface area contributed by atoms with Crippen LogP contribution in [-0.4, -0.2) is 37.5 Å². The number of fused-ring (bicyclic) bond motifs is 1. The summed E-state index contributed by atoms with van der Waals surface area (Å²) in [5.41, 5.74) is 8.67. The van der Waals surface area contributed by atoms with Crippen molar-refractivity contribution >= 4 is 5.69 Å². The highest BCUT2D eigenvalue weighted by Gasteiger charge is 2.23.